The summed E-state index contributed by atoms with van der Waals surface area (Å²) >= 11 is 0. The largest absolute Gasteiger partial charge is 0.490 e. The van der Waals surface area contributed by atoms with Gasteiger partial charge in [-0.1, -0.05) is 12.1 Å². The molecule has 1 aliphatic carbocycles. The molecule has 1 aromatic rings. The van der Waals surface area contributed by atoms with Crippen LogP contribution < -0.4 is 15.4 Å². The van der Waals surface area contributed by atoms with E-state index >= 15 is 0 Å². The summed E-state index contributed by atoms with van der Waals surface area (Å²) in [6.07, 6.45) is 7.94. The summed E-state index contributed by atoms with van der Waals surface area (Å²) in [6, 6.07) is 8.35. The van der Waals surface area contributed by atoms with Crippen molar-refractivity contribution >= 4 is 15.8 Å². The predicted molar refractivity (Wildman–Crippen MR) is 116 cm³/mol. The van der Waals surface area contributed by atoms with Crippen LogP contribution in [0.5, 0.6) is 5.75 Å². The van der Waals surface area contributed by atoms with Crippen LogP contribution in [0, 0.1) is 0 Å². The second-order valence-electron chi connectivity index (χ2n) is 7.64. The number of sulfone groups is 1. The third-order valence-electron chi connectivity index (χ3n) is 4.85. The topological polar surface area (TPSA) is 79.8 Å². The molecule has 0 saturated heterocycles. The van der Waals surface area contributed by atoms with E-state index in [1.807, 2.05) is 26.0 Å². The van der Waals surface area contributed by atoms with Crippen molar-refractivity contribution in [3.63, 3.8) is 0 Å². The quantitative estimate of drug-likeness (QED) is 0.459. The first-order chi connectivity index (χ1) is 13.4. The molecule has 6 nitrogen and oxygen atoms in total. The fourth-order valence-electron chi connectivity index (χ4n) is 3.25. The van der Waals surface area contributed by atoms with Gasteiger partial charge in [0.05, 0.1) is 11.9 Å². The van der Waals surface area contributed by atoms with Crippen molar-refractivity contribution in [1.29, 1.82) is 0 Å². The third-order valence-corrected chi connectivity index (χ3v) is 5.82. The highest BCUT2D eigenvalue weighted by Crippen LogP contribution is 2.24. The third kappa shape index (κ3) is 8.95. The van der Waals surface area contributed by atoms with Crippen LogP contribution in [0.25, 0.3) is 0 Å². The van der Waals surface area contributed by atoms with Crippen molar-refractivity contribution in [3.8, 4) is 5.75 Å². The number of guanidine groups is 1. The standard InChI is InChI=1S/C21H35N3O3S/c1-4-22-21(24-17(2)14-16-28(3,25)26)23-15-13-18-9-11-20(12-10-18)27-19-7-5-6-8-19/h9-12,17,19H,4-8,13-16H2,1-3H3,(H2,22,23,24). The van der Waals surface area contributed by atoms with Crippen LogP contribution in [-0.2, 0) is 16.3 Å². The van der Waals surface area contributed by atoms with Crippen LogP contribution in [0.1, 0.15) is 51.5 Å². The Kier molecular flexibility index (Phi) is 9.09. The van der Waals surface area contributed by atoms with Gasteiger partial charge in [-0.2, -0.15) is 0 Å². The number of hydrogen-bond acceptors (Lipinski definition) is 4. The minimum atomic E-state index is -2.94. The van der Waals surface area contributed by atoms with Gasteiger partial charge in [0.2, 0.25) is 0 Å². The Balaban J connectivity index is 1.80. The molecule has 2 rings (SSSR count). The summed E-state index contributed by atoms with van der Waals surface area (Å²) in [4.78, 5) is 4.61. The summed E-state index contributed by atoms with van der Waals surface area (Å²) in [5.74, 6) is 1.86. The molecule has 1 unspecified atom stereocenters. The Morgan fingerprint density at radius 2 is 1.93 bits per heavy atom. The fourth-order valence-corrected chi connectivity index (χ4v) is 4.03. The fraction of sp³-hybridized carbons (Fsp3) is 0.667. The molecule has 0 aliphatic heterocycles. The Morgan fingerprint density at radius 1 is 1.25 bits per heavy atom. The molecule has 0 bridgehead atoms. The summed E-state index contributed by atoms with van der Waals surface area (Å²) in [6.45, 7) is 5.41. The second-order valence-corrected chi connectivity index (χ2v) is 9.90. The average Bonchev–Trinajstić information content (AvgIpc) is 3.14. The number of benzene rings is 1. The predicted octanol–water partition coefficient (Wildman–Crippen LogP) is 2.93. The lowest BCUT2D eigenvalue weighted by Crippen LogP contribution is -2.43. The molecule has 1 saturated carbocycles. The Hall–Kier alpha value is -1.76. The SMILES string of the molecule is CCNC(=NCCc1ccc(OC2CCCC2)cc1)NC(C)CCS(C)(=O)=O. The normalized spacial score (nSPS) is 16.8. The number of ether oxygens (including phenoxy) is 1. The maximum absolute atomic E-state index is 11.3. The van der Waals surface area contributed by atoms with E-state index in [9.17, 15) is 8.42 Å². The Bertz CT molecular complexity index is 711. The summed E-state index contributed by atoms with van der Waals surface area (Å²) < 4.78 is 28.6. The van der Waals surface area contributed by atoms with E-state index in [4.69, 9.17) is 4.74 Å². The van der Waals surface area contributed by atoms with Crippen molar-refractivity contribution in [2.75, 3.05) is 25.1 Å². The van der Waals surface area contributed by atoms with Gasteiger partial charge in [-0.3, -0.25) is 4.99 Å². The summed E-state index contributed by atoms with van der Waals surface area (Å²) in [5.41, 5.74) is 1.23. The number of aliphatic imine (C=N–C) groups is 1. The highest BCUT2D eigenvalue weighted by molar-refractivity contribution is 7.90. The molecule has 7 heteroatoms. The van der Waals surface area contributed by atoms with Crippen molar-refractivity contribution in [3.05, 3.63) is 29.8 Å². The number of nitrogens with zero attached hydrogens (tertiary/aromatic N) is 1. The van der Waals surface area contributed by atoms with E-state index in [1.165, 1.54) is 37.5 Å². The zero-order valence-corrected chi connectivity index (χ0v) is 18.2. The van der Waals surface area contributed by atoms with E-state index in [0.29, 0.717) is 19.1 Å². The molecule has 1 aliphatic rings. The number of hydrogen-bond donors (Lipinski definition) is 2. The van der Waals surface area contributed by atoms with Gasteiger partial charge in [-0.15, -0.1) is 0 Å². The zero-order chi connectivity index (χ0) is 20.4. The van der Waals surface area contributed by atoms with E-state index in [2.05, 4.69) is 27.8 Å². The molecule has 28 heavy (non-hydrogen) atoms. The molecular formula is C21H35N3O3S. The lowest BCUT2D eigenvalue weighted by atomic mass is 10.1. The van der Waals surface area contributed by atoms with Gasteiger partial charge in [-0.25, -0.2) is 8.42 Å². The summed E-state index contributed by atoms with van der Waals surface area (Å²) in [7, 11) is -2.94. The molecule has 158 valence electrons. The molecular weight excluding hydrogens is 374 g/mol. The highest BCUT2D eigenvalue weighted by atomic mass is 32.2. The van der Waals surface area contributed by atoms with Gasteiger partial charge in [0, 0.05) is 25.4 Å². The maximum Gasteiger partial charge on any atom is 0.191 e. The van der Waals surface area contributed by atoms with Crippen LogP contribution in [-0.4, -0.2) is 51.6 Å². The van der Waals surface area contributed by atoms with E-state index in [-0.39, 0.29) is 11.8 Å². The van der Waals surface area contributed by atoms with Crippen molar-refractivity contribution in [1.82, 2.24) is 10.6 Å². The first-order valence-electron chi connectivity index (χ1n) is 10.3. The number of nitrogens with one attached hydrogen (secondary N) is 2. The molecule has 0 spiro atoms. The highest BCUT2D eigenvalue weighted by Gasteiger charge is 2.16. The Labute approximate surface area is 170 Å². The molecule has 1 atom stereocenters. The smallest absolute Gasteiger partial charge is 0.191 e. The van der Waals surface area contributed by atoms with Crippen LogP contribution in [0.2, 0.25) is 0 Å². The van der Waals surface area contributed by atoms with Crippen molar-refractivity contribution < 1.29 is 13.2 Å². The first-order valence-corrected chi connectivity index (χ1v) is 12.4. The van der Waals surface area contributed by atoms with E-state index in [1.54, 1.807) is 0 Å². The Morgan fingerprint density at radius 3 is 2.54 bits per heavy atom. The maximum atomic E-state index is 11.3. The van der Waals surface area contributed by atoms with Gasteiger partial charge in [0.15, 0.2) is 5.96 Å². The molecule has 0 amide bonds. The van der Waals surface area contributed by atoms with Crippen LogP contribution in [0.15, 0.2) is 29.3 Å². The van der Waals surface area contributed by atoms with Gasteiger partial charge in [-0.05, 0) is 70.1 Å². The van der Waals surface area contributed by atoms with Crippen molar-refractivity contribution in [2.24, 2.45) is 4.99 Å². The van der Waals surface area contributed by atoms with Crippen LogP contribution >= 0.6 is 0 Å². The summed E-state index contributed by atoms with van der Waals surface area (Å²) in [5, 5.41) is 6.50. The zero-order valence-electron chi connectivity index (χ0n) is 17.4. The molecule has 0 heterocycles. The molecule has 1 aromatic carbocycles. The van der Waals surface area contributed by atoms with Gasteiger partial charge in [0.25, 0.3) is 0 Å². The van der Waals surface area contributed by atoms with Crippen LogP contribution in [0.4, 0.5) is 0 Å². The minimum Gasteiger partial charge on any atom is -0.490 e. The van der Waals surface area contributed by atoms with Gasteiger partial charge < -0.3 is 15.4 Å². The minimum absolute atomic E-state index is 0.0412. The lowest BCUT2D eigenvalue weighted by molar-refractivity contribution is 0.210. The molecule has 2 N–H and O–H groups in total. The molecule has 0 aromatic heterocycles. The van der Waals surface area contributed by atoms with E-state index < -0.39 is 9.84 Å². The van der Waals surface area contributed by atoms with Crippen LogP contribution in [0.3, 0.4) is 0 Å². The van der Waals surface area contributed by atoms with E-state index in [0.717, 1.165) is 24.7 Å². The molecule has 1 fully saturated rings. The second kappa shape index (κ2) is 11.3. The number of rotatable bonds is 10. The van der Waals surface area contributed by atoms with Crippen molar-refractivity contribution in [2.45, 2.75) is 64.5 Å². The lowest BCUT2D eigenvalue weighted by Gasteiger charge is -2.17. The molecule has 0 radical (unpaired) electrons. The monoisotopic (exact) mass is 409 g/mol. The first kappa shape index (κ1) is 22.5. The average molecular weight is 410 g/mol. The van der Waals surface area contributed by atoms with Gasteiger partial charge in [0.1, 0.15) is 15.6 Å². The van der Waals surface area contributed by atoms with Gasteiger partial charge >= 0.3 is 0 Å².